The highest BCUT2D eigenvalue weighted by Gasteiger charge is 2.39. The van der Waals surface area contributed by atoms with Crippen LogP contribution in [0.2, 0.25) is 0 Å². The Balaban J connectivity index is 2.32. The molecule has 0 aliphatic rings. The number of H-pyrrole nitrogens is 1. The number of carboxylic acid groups (broad SMARTS) is 1. The molecule has 0 fully saturated rings. The predicted octanol–water partition coefficient (Wildman–Crippen LogP) is -10.8. The van der Waals surface area contributed by atoms with Crippen LogP contribution >= 0.6 is 0 Å². The van der Waals surface area contributed by atoms with E-state index in [2.05, 4.69) is 89.4 Å². The summed E-state index contributed by atoms with van der Waals surface area (Å²) in [6.45, 7) is 7.70. The van der Waals surface area contributed by atoms with E-state index in [9.17, 15) is 102 Å². The Labute approximate surface area is 628 Å². The third-order valence-corrected chi connectivity index (χ3v) is 16.7. The van der Waals surface area contributed by atoms with Crippen LogP contribution in [0.25, 0.3) is 0 Å². The van der Waals surface area contributed by atoms with Crippen LogP contribution in [-0.4, -0.2) is 266 Å². The molecule has 109 heavy (non-hydrogen) atoms. The average molecular weight is 1550 g/mol. The number of hydrogen-bond donors (Lipinski definition) is 25. The first-order valence-electron chi connectivity index (χ1n) is 35.1. The van der Waals surface area contributed by atoms with E-state index >= 15 is 0 Å². The fourth-order valence-corrected chi connectivity index (χ4v) is 10.1. The van der Waals surface area contributed by atoms with Crippen molar-refractivity contribution >= 4 is 101 Å². The van der Waals surface area contributed by atoms with Crippen molar-refractivity contribution in [2.75, 3.05) is 39.5 Å². The molecule has 43 heteroatoms. The van der Waals surface area contributed by atoms with Gasteiger partial charge in [0.25, 0.3) is 0 Å². The molecule has 1 heterocycles. The lowest BCUT2D eigenvalue weighted by atomic mass is 9.97. The zero-order valence-corrected chi connectivity index (χ0v) is 62.0. The van der Waals surface area contributed by atoms with Gasteiger partial charge in [-0.1, -0.05) is 64.4 Å². The average Bonchev–Trinajstić information content (AvgIpc) is 1.71. The van der Waals surface area contributed by atoms with Crippen molar-refractivity contribution in [3.8, 4) is 0 Å². The van der Waals surface area contributed by atoms with Crippen LogP contribution < -0.4 is 103 Å². The third kappa shape index (κ3) is 33.3. The number of amides is 15. The van der Waals surface area contributed by atoms with Gasteiger partial charge in [-0.3, -0.25) is 76.9 Å². The van der Waals surface area contributed by atoms with E-state index < -0.39 is 230 Å². The lowest BCUT2D eigenvalue weighted by Gasteiger charge is -2.29. The monoisotopic (exact) mass is 1540 g/mol. The number of carbonyl (C=O) groups is 16. The maximum absolute atomic E-state index is 14.3. The molecular weight excluding hydrogens is 1440 g/mol. The van der Waals surface area contributed by atoms with Crippen molar-refractivity contribution < 1.29 is 102 Å². The predicted molar refractivity (Wildman–Crippen MR) is 387 cm³/mol. The van der Waals surface area contributed by atoms with Crippen molar-refractivity contribution in [2.45, 2.75) is 204 Å². The molecule has 0 aliphatic heterocycles. The van der Waals surface area contributed by atoms with Gasteiger partial charge in [0, 0.05) is 31.3 Å². The first kappa shape index (κ1) is 94.1. The number of hydrogen-bond acceptors (Lipinski definition) is 24. The van der Waals surface area contributed by atoms with E-state index in [1.54, 1.807) is 58.0 Å². The van der Waals surface area contributed by atoms with E-state index in [-0.39, 0.29) is 57.6 Å². The van der Waals surface area contributed by atoms with Gasteiger partial charge in [-0.15, -0.1) is 0 Å². The molecule has 2 aromatic rings. The number of nitrogens with two attached hydrogens (primary N) is 5. The van der Waals surface area contributed by atoms with Gasteiger partial charge < -0.3 is 134 Å². The second-order valence-corrected chi connectivity index (χ2v) is 26.0. The summed E-state index contributed by atoms with van der Waals surface area (Å²) in [6, 6.07) is -14.1. The SMILES string of the molecule is CC[C@H](C)[C@H](NC(=O)[C@H](C)NC(=O)[C@H](CO)NC(=O)[C@H](Cc1ccccc1)NC(=O)[C@H](C)NC(=O)[C@@H](NC(=O)[C@H](CCCCN)NC(=O)[C@H](C)NC(=O)[C@H](CO)NC(=O)CN)C(C)C)C(=O)N[C@@H](CCCN=C(N)N)C(=O)N[C@@H](CO)C(=O)N[C@H](C(=O)N[C@@H](CC(N)=O)C(=O)N[C@@H](Cc1cnc[nH]1)C(=O)O)[C@@H](C)O. The number of carbonyl (C=O) groups excluding carboxylic acids is 15. The lowest BCUT2D eigenvalue weighted by molar-refractivity contribution is -0.142. The molecule has 2 rings (SSSR count). The van der Waals surface area contributed by atoms with Crippen LogP contribution in [0.5, 0.6) is 0 Å². The minimum absolute atomic E-state index is 0.0203. The maximum Gasteiger partial charge on any atom is 0.326 e. The largest absolute Gasteiger partial charge is 0.480 e. The van der Waals surface area contributed by atoms with Crippen LogP contribution in [0.1, 0.15) is 112 Å². The second-order valence-electron chi connectivity index (χ2n) is 26.0. The van der Waals surface area contributed by atoms with Gasteiger partial charge in [0.1, 0.15) is 84.6 Å². The zero-order chi connectivity index (χ0) is 82.4. The summed E-state index contributed by atoms with van der Waals surface area (Å²) in [5.74, 6) is -18.7. The zero-order valence-electron chi connectivity index (χ0n) is 62.0. The van der Waals surface area contributed by atoms with Crippen LogP contribution in [0.4, 0.5) is 0 Å². The topological polar surface area (TPSA) is 714 Å². The molecule has 0 spiro atoms. The van der Waals surface area contributed by atoms with Gasteiger partial charge in [-0.2, -0.15) is 0 Å². The van der Waals surface area contributed by atoms with Crippen molar-refractivity contribution in [3.63, 3.8) is 0 Å². The van der Waals surface area contributed by atoms with Gasteiger partial charge >= 0.3 is 5.97 Å². The second kappa shape index (κ2) is 48.3. The van der Waals surface area contributed by atoms with Crippen LogP contribution in [-0.2, 0) is 89.6 Å². The number of aliphatic imine (C=N–C) groups is 1. The minimum Gasteiger partial charge on any atom is -0.480 e. The molecule has 1 aromatic carbocycles. The number of aromatic nitrogens is 2. The number of aliphatic hydroxyl groups is 4. The van der Waals surface area contributed by atoms with E-state index in [0.717, 1.165) is 6.92 Å². The molecule has 1 aromatic heterocycles. The van der Waals surface area contributed by atoms with Gasteiger partial charge in [0.15, 0.2) is 5.96 Å². The fraction of sp³-hybridized carbons (Fsp3) is 0.606. The lowest BCUT2D eigenvalue weighted by Crippen LogP contribution is -2.62. The Morgan fingerprint density at radius 2 is 0.881 bits per heavy atom. The molecule has 0 radical (unpaired) electrons. The van der Waals surface area contributed by atoms with Crippen molar-refractivity contribution in [2.24, 2.45) is 45.5 Å². The Kier molecular flexibility index (Phi) is 41.7. The number of nitrogens with zero attached hydrogens (tertiary/aromatic N) is 2. The van der Waals surface area contributed by atoms with Crippen molar-refractivity contribution in [1.29, 1.82) is 0 Å². The normalized spacial score (nSPS) is 15.5. The molecule has 43 nitrogen and oxygen atoms in total. The molecule has 0 saturated carbocycles. The van der Waals surface area contributed by atoms with E-state index in [1.165, 1.54) is 33.3 Å². The number of unbranched alkanes of at least 4 members (excludes halogenated alkanes) is 1. The number of imidazole rings is 1. The number of aromatic amines is 1. The summed E-state index contributed by atoms with van der Waals surface area (Å²) < 4.78 is 0. The molecule has 30 N–H and O–H groups in total. The minimum atomic E-state index is -1.99. The van der Waals surface area contributed by atoms with Crippen molar-refractivity contribution in [3.05, 3.63) is 54.1 Å². The number of rotatable bonds is 50. The molecule has 15 amide bonds. The highest BCUT2D eigenvalue weighted by molar-refractivity contribution is 6.01. The Morgan fingerprint density at radius 3 is 1.36 bits per heavy atom. The number of primary amides is 1. The third-order valence-electron chi connectivity index (χ3n) is 16.7. The number of benzene rings is 1. The summed E-state index contributed by atoms with van der Waals surface area (Å²) in [6.07, 6.45) is -0.00203. The molecule has 0 saturated heterocycles. The quantitative estimate of drug-likeness (QED) is 0.0166. The molecular formula is C66H108N22O21. The number of carboxylic acids is 1. The first-order valence-corrected chi connectivity index (χ1v) is 35.1. The van der Waals surface area contributed by atoms with Gasteiger partial charge in [-0.05, 0) is 83.7 Å². The first-order chi connectivity index (χ1) is 51.4. The summed E-state index contributed by atoms with van der Waals surface area (Å²) >= 11 is 0. The molecule has 16 atom stereocenters. The number of aliphatic hydroxyl groups excluding tert-OH is 4. The van der Waals surface area contributed by atoms with Gasteiger partial charge in [0.2, 0.25) is 88.6 Å². The fourth-order valence-electron chi connectivity index (χ4n) is 10.1. The van der Waals surface area contributed by atoms with Crippen LogP contribution in [0, 0.1) is 11.8 Å². The molecule has 0 unspecified atom stereocenters. The van der Waals surface area contributed by atoms with E-state index in [1.807, 2.05) is 0 Å². The van der Waals surface area contributed by atoms with Crippen molar-refractivity contribution in [1.82, 2.24) is 84.4 Å². The highest BCUT2D eigenvalue weighted by Crippen LogP contribution is 2.13. The van der Waals surface area contributed by atoms with Gasteiger partial charge in [-0.25, -0.2) is 9.78 Å². The standard InChI is InChI=1S/C66H108N22O21/c1-9-32(4)50(63(106)80-40(19-15-21-73-66(70)71)55(98)84-46(29-91)61(104)88-51(36(8)92)64(107)82-42(24-47(69)93)58(101)83-43(65(108)109)23-38-26-72-30-74-38)87-54(97)35(7)76-60(103)45(28-90)85-57(100)41(22-37-16-11-10-12-17-37)81-53(96)34(6)77-62(105)49(31(2)3)86-56(99)39(18-13-14-20-67)79-52(95)33(5)75-59(102)44(27-89)78-48(94)25-68/h10-12,16-17,26,30-36,39-46,49-51,89-92H,9,13-15,18-25,27-29,67-68H2,1-8H3,(H2,69,93)(H,72,74)(H,75,102)(H,76,103)(H,77,105)(H,78,94)(H,79,95)(H,80,106)(H,81,96)(H,82,107)(H,83,101)(H,84,98)(H,85,100)(H,86,99)(H,87,97)(H,88,104)(H,108,109)(H4,70,71,73)/t32-,33-,34-,35-,36+,39-,40-,41-,42-,43-,44-,45-,46-,49-,50-,51-/m0/s1. The molecule has 0 aliphatic carbocycles. The number of guanidine groups is 1. The summed E-state index contributed by atoms with van der Waals surface area (Å²) in [4.78, 5) is 225. The van der Waals surface area contributed by atoms with E-state index in [0.29, 0.717) is 24.1 Å². The summed E-state index contributed by atoms with van der Waals surface area (Å²) in [7, 11) is 0. The van der Waals surface area contributed by atoms with E-state index in [4.69, 9.17) is 28.7 Å². The molecule has 608 valence electrons. The number of aliphatic carboxylic acids is 1. The highest BCUT2D eigenvalue weighted by atomic mass is 16.4. The smallest absolute Gasteiger partial charge is 0.326 e. The summed E-state index contributed by atoms with van der Waals surface area (Å²) in [5.41, 5.74) is 28.0. The Morgan fingerprint density at radius 1 is 0.468 bits per heavy atom. The maximum atomic E-state index is 14.3. The van der Waals surface area contributed by atoms with Gasteiger partial charge in [0.05, 0.1) is 45.2 Å². The number of nitrogens with one attached hydrogen (secondary N) is 15. The van der Waals surface area contributed by atoms with Crippen LogP contribution in [0.15, 0.2) is 47.8 Å². The Hall–Kier alpha value is -11.0. The Bertz CT molecular complexity index is 3420. The van der Waals surface area contributed by atoms with Crippen LogP contribution in [0.3, 0.4) is 0 Å². The molecule has 0 bridgehead atoms. The summed E-state index contributed by atoms with van der Waals surface area (Å²) in [5, 5.41) is 84.1.